The van der Waals surface area contributed by atoms with Crippen molar-refractivity contribution in [3.8, 4) is 0 Å². The van der Waals surface area contributed by atoms with Crippen molar-refractivity contribution < 1.29 is 19.4 Å². The predicted octanol–water partition coefficient (Wildman–Crippen LogP) is 3.02. The van der Waals surface area contributed by atoms with Crippen LogP contribution >= 0.6 is 0 Å². The fourth-order valence-electron chi connectivity index (χ4n) is 3.54. The minimum atomic E-state index is -0.534. The highest BCUT2D eigenvalue weighted by Gasteiger charge is 2.41. The van der Waals surface area contributed by atoms with Gasteiger partial charge in [-0.05, 0) is 50.2 Å². The largest absolute Gasteiger partial charge is 0.417 e. The first-order valence-electron chi connectivity index (χ1n) is 7.91. The molecule has 1 aromatic rings. The number of benzene rings is 1. The molecule has 1 aromatic carbocycles. The monoisotopic (exact) mass is 305 g/mol. The van der Waals surface area contributed by atoms with Gasteiger partial charge in [-0.1, -0.05) is 18.2 Å². The minimum absolute atomic E-state index is 0.159. The van der Waals surface area contributed by atoms with Crippen LogP contribution < -0.4 is 4.90 Å². The zero-order valence-electron chi connectivity index (χ0n) is 13.1. The van der Waals surface area contributed by atoms with Gasteiger partial charge in [0, 0.05) is 7.11 Å². The summed E-state index contributed by atoms with van der Waals surface area (Å²) in [5.41, 5.74) is 2.07. The Kier molecular flexibility index (Phi) is 4.36. The number of nitrogens with zero attached hydrogens (tertiary/aromatic N) is 1. The quantitative estimate of drug-likeness (QED) is 0.932. The topological polar surface area (TPSA) is 59.0 Å². The molecule has 1 N–H and O–H groups in total. The maximum Gasteiger partial charge on any atom is 0.417 e. The Balaban J connectivity index is 1.90. The van der Waals surface area contributed by atoms with Gasteiger partial charge >= 0.3 is 6.09 Å². The van der Waals surface area contributed by atoms with Gasteiger partial charge in [-0.2, -0.15) is 0 Å². The van der Waals surface area contributed by atoms with Gasteiger partial charge in [0.2, 0.25) is 6.29 Å². The van der Waals surface area contributed by atoms with E-state index in [1.54, 1.807) is 12.0 Å². The van der Waals surface area contributed by atoms with Crippen LogP contribution in [0.4, 0.5) is 10.5 Å². The molecule has 2 unspecified atom stereocenters. The Hall–Kier alpha value is -1.59. The first-order valence-corrected chi connectivity index (χ1v) is 7.91. The SMILES string of the molecule is COC1OC(=O)N(c2ccccc2C2CCC(O)CC2)C1C. The molecule has 3 rings (SSSR count). The number of para-hydroxylation sites is 1. The molecule has 2 aliphatic rings. The van der Waals surface area contributed by atoms with Gasteiger partial charge in [0.25, 0.3) is 0 Å². The van der Waals surface area contributed by atoms with Crippen molar-refractivity contribution in [3.05, 3.63) is 29.8 Å². The number of cyclic esters (lactones) is 1. The van der Waals surface area contributed by atoms with Gasteiger partial charge < -0.3 is 14.6 Å². The second-order valence-electron chi connectivity index (χ2n) is 6.16. The van der Waals surface area contributed by atoms with Crippen molar-refractivity contribution in [2.45, 2.75) is 57.0 Å². The molecule has 0 aromatic heterocycles. The maximum atomic E-state index is 12.2. The van der Waals surface area contributed by atoms with E-state index in [-0.39, 0.29) is 18.2 Å². The lowest BCUT2D eigenvalue weighted by atomic mass is 9.82. The number of carbonyl (C=O) groups excluding carboxylic acids is 1. The van der Waals surface area contributed by atoms with Gasteiger partial charge in [0.1, 0.15) is 6.04 Å². The van der Waals surface area contributed by atoms with E-state index in [4.69, 9.17) is 9.47 Å². The molecule has 2 atom stereocenters. The number of ether oxygens (including phenoxy) is 2. The molecule has 1 saturated heterocycles. The lowest BCUT2D eigenvalue weighted by Gasteiger charge is -2.30. The lowest BCUT2D eigenvalue weighted by Crippen LogP contribution is -2.35. The first-order chi connectivity index (χ1) is 10.6. The van der Waals surface area contributed by atoms with Crippen LogP contribution in [0.2, 0.25) is 0 Å². The Morgan fingerprint density at radius 2 is 1.91 bits per heavy atom. The second kappa shape index (κ2) is 6.26. The lowest BCUT2D eigenvalue weighted by molar-refractivity contribution is -0.0640. The normalized spacial score (nSPS) is 32.1. The summed E-state index contributed by atoms with van der Waals surface area (Å²) >= 11 is 0. The number of carbonyl (C=O) groups is 1. The highest BCUT2D eigenvalue weighted by Crippen LogP contribution is 2.40. The maximum absolute atomic E-state index is 12.2. The van der Waals surface area contributed by atoms with E-state index < -0.39 is 6.29 Å². The first kappa shape index (κ1) is 15.3. The fraction of sp³-hybridized carbons (Fsp3) is 0.588. The number of amides is 1. The van der Waals surface area contributed by atoms with Crippen molar-refractivity contribution in [1.82, 2.24) is 0 Å². The molecule has 1 amide bonds. The molecule has 5 nitrogen and oxygen atoms in total. The van der Waals surface area contributed by atoms with Crippen LogP contribution in [0.3, 0.4) is 0 Å². The molecule has 2 fully saturated rings. The molecule has 0 spiro atoms. The molecule has 0 radical (unpaired) electrons. The molecular formula is C17H23NO4. The summed E-state index contributed by atoms with van der Waals surface area (Å²) in [5, 5.41) is 9.70. The third kappa shape index (κ3) is 2.71. The number of aliphatic hydroxyl groups excluding tert-OH is 1. The van der Waals surface area contributed by atoms with Crippen LogP contribution in [-0.4, -0.2) is 36.7 Å². The number of aliphatic hydroxyl groups is 1. The highest BCUT2D eigenvalue weighted by atomic mass is 16.7. The second-order valence-corrected chi connectivity index (χ2v) is 6.16. The Labute approximate surface area is 130 Å². The zero-order valence-corrected chi connectivity index (χ0v) is 13.1. The number of rotatable bonds is 3. The van der Waals surface area contributed by atoms with E-state index in [9.17, 15) is 9.90 Å². The molecule has 1 aliphatic carbocycles. The molecule has 1 heterocycles. The smallest absolute Gasteiger partial charge is 0.417 e. The molecule has 120 valence electrons. The van der Waals surface area contributed by atoms with E-state index in [0.717, 1.165) is 36.9 Å². The van der Waals surface area contributed by atoms with E-state index in [0.29, 0.717) is 5.92 Å². The van der Waals surface area contributed by atoms with Crippen LogP contribution in [0.15, 0.2) is 24.3 Å². The molecule has 0 bridgehead atoms. The van der Waals surface area contributed by atoms with Crippen molar-refractivity contribution in [3.63, 3.8) is 0 Å². The summed E-state index contributed by atoms with van der Waals surface area (Å²) in [5.74, 6) is 0.376. The average Bonchev–Trinajstić information content (AvgIpc) is 2.82. The van der Waals surface area contributed by atoms with Gasteiger partial charge in [0.05, 0.1) is 11.8 Å². The van der Waals surface area contributed by atoms with E-state index in [1.807, 2.05) is 25.1 Å². The summed E-state index contributed by atoms with van der Waals surface area (Å²) in [6.07, 6.45) is 2.46. The van der Waals surface area contributed by atoms with E-state index >= 15 is 0 Å². The number of methoxy groups -OCH3 is 1. The molecule has 22 heavy (non-hydrogen) atoms. The average molecular weight is 305 g/mol. The predicted molar refractivity (Wildman–Crippen MR) is 82.9 cm³/mol. The fourth-order valence-corrected chi connectivity index (χ4v) is 3.54. The van der Waals surface area contributed by atoms with Gasteiger partial charge in [-0.15, -0.1) is 0 Å². The summed E-state index contributed by atoms with van der Waals surface area (Å²) in [4.78, 5) is 13.9. The Morgan fingerprint density at radius 3 is 2.55 bits per heavy atom. The van der Waals surface area contributed by atoms with Gasteiger partial charge in [-0.25, -0.2) is 4.79 Å². The van der Waals surface area contributed by atoms with Crippen molar-refractivity contribution in [1.29, 1.82) is 0 Å². The number of hydrogen-bond donors (Lipinski definition) is 1. The van der Waals surface area contributed by atoms with Crippen molar-refractivity contribution in [2.75, 3.05) is 12.0 Å². The minimum Gasteiger partial charge on any atom is -0.417 e. The molecular weight excluding hydrogens is 282 g/mol. The van der Waals surface area contributed by atoms with Crippen LogP contribution in [0.1, 0.15) is 44.1 Å². The summed E-state index contributed by atoms with van der Waals surface area (Å²) in [7, 11) is 1.55. The van der Waals surface area contributed by atoms with Crippen molar-refractivity contribution >= 4 is 11.8 Å². The number of hydrogen-bond acceptors (Lipinski definition) is 4. The summed E-state index contributed by atoms with van der Waals surface area (Å²) in [6, 6.07) is 7.84. The van der Waals surface area contributed by atoms with Crippen LogP contribution in [0, 0.1) is 0 Å². The zero-order chi connectivity index (χ0) is 15.7. The van der Waals surface area contributed by atoms with Gasteiger partial charge in [-0.3, -0.25) is 4.90 Å². The molecule has 1 saturated carbocycles. The third-order valence-electron chi connectivity index (χ3n) is 4.78. The highest BCUT2D eigenvalue weighted by molar-refractivity contribution is 5.91. The van der Waals surface area contributed by atoms with Crippen LogP contribution in [-0.2, 0) is 9.47 Å². The Bertz CT molecular complexity index is 539. The van der Waals surface area contributed by atoms with Gasteiger partial charge in [0.15, 0.2) is 0 Å². The van der Waals surface area contributed by atoms with E-state index in [1.165, 1.54) is 0 Å². The van der Waals surface area contributed by atoms with Crippen LogP contribution in [0.5, 0.6) is 0 Å². The van der Waals surface area contributed by atoms with Crippen molar-refractivity contribution in [2.24, 2.45) is 0 Å². The number of anilines is 1. The Morgan fingerprint density at radius 1 is 1.23 bits per heavy atom. The summed E-state index contributed by atoms with van der Waals surface area (Å²) < 4.78 is 10.5. The summed E-state index contributed by atoms with van der Waals surface area (Å²) in [6.45, 7) is 1.93. The van der Waals surface area contributed by atoms with E-state index in [2.05, 4.69) is 6.07 Å². The molecule has 5 heteroatoms. The molecule has 1 aliphatic heterocycles. The van der Waals surface area contributed by atoms with Crippen LogP contribution in [0.25, 0.3) is 0 Å². The third-order valence-corrected chi connectivity index (χ3v) is 4.78. The standard InChI is InChI=1S/C17H23NO4/c1-11-16(21-2)22-17(20)18(11)15-6-4-3-5-14(15)12-7-9-13(19)10-8-12/h3-6,11-13,16,19H,7-10H2,1-2H3.